The van der Waals surface area contributed by atoms with Crippen LogP contribution < -0.4 is 5.32 Å². The van der Waals surface area contributed by atoms with Gasteiger partial charge in [-0.05, 0) is 38.0 Å². The van der Waals surface area contributed by atoms with Crippen LogP contribution in [0.1, 0.15) is 59.5 Å². The van der Waals surface area contributed by atoms with Gasteiger partial charge in [0.05, 0.1) is 11.6 Å². The van der Waals surface area contributed by atoms with E-state index in [4.69, 9.17) is 0 Å². The van der Waals surface area contributed by atoms with E-state index in [0.29, 0.717) is 0 Å². The SMILES string of the molecule is CCCC[C@@H](NC(=O)c1cc(C)n(C)c1C)c1cccnc1. The van der Waals surface area contributed by atoms with Crippen molar-refractivity contribution >= 4 is 5.91 Å². The highest BCUT2D eigenvalue weighted by Crippen LogP contribution is 2.20. The van der Waals surface area contributed by atoms with Crippen molar-refractivity contribution in [3.8, 4) is 0 Å². The standard InChI is InChI=1S/C18H25N3O/c1-5-6-9-17(15-8-7-10-19-12-15)20-18(22)16-11-13(2)21(4)14(16)3/h7-8,10-12,17H,5-6,9H2,1-4H3,(H,20,22)/t17-/m1/s1. The first kappa shape index (κ1) is 16.3. The molecule has 4 heteroatoms. The minimum atomic E-state index is -0.00819. The lowest BCUT2D eigenvalue weighted by Crippen LogP contribution is -2.29. The molecule has 2 aromatic heterocycles. The Balaban J connectivity index is 2.19. The van der Waals surface area contributed by atoms with Gasteiger partial charge >= 0.3 is 0 Å². The molecule has 0 aliphatic carbocycles. The molecule has 0 saturated heterocycles. The molecule has 1 atom stereocenters. The smallest absolute Gasteiger partial charge is 0.253 e. The Morgan fingerprint density at radius 3 is 2.73 bits per heavy atom. The van der Waals surface area contributed by atoms with E-state index in [1.807, 2.05) is 49.9 Å². The van der Waals surface area contributed by atoms with Crippen LogP contribution in [0, 0.1) is 13.8 Å². The number of carbonyl (C=O) groups excluding carboxylic acids is 1. The van der Waals surface area contributed by atoms with E-state index < -0.39 is 0 Å². The second-order valence-corrected chi connectivity index (χ2v) is 5.80. The van der Waals surface area contributed by atoms with Crippen LogP contribution in [0.4, 0.5) is 0 Å². The molecular weight excluding hydrogens is 274 g/mol. The van der Waals surface area contributed by atoms with Crippen molar-refractivity contribution in [2.24, 2.45) is 7.05 Å². The molecule has 0 aliphatic heterocycles. The van der Waals surface area contributed by atoms with Gasteiger partial charge in [0.25, 0.3) is 5.91 Å². The topological polar surface area (TPSA) is 46.9 Å². The fourth-order valence-electron chi connectivity index (χ4n) is 2.63. The highest BCUT2D eigenvalue weighted by molar-refractivity contribution is 5.96. The van der Waals surface area contributed by atoms with E-state index in [1.165, 1.54) is 0 Å². The minimum Gasteiger partial charge on any atom is -0.351 e. The van der Waals surface area contributed by atoms with Crippen molar-refractivity contribution in [2.45, 2.75) is 46.1 Å². The Morgan fingerprint density at radius 1 is 1.41 bits per heavy atom. The fourth-order valence-corrected chi connectivity index (χ4v) is 2.63. The van der Waals surface area contributed by atoms with Crippen molar-refractivity contribution in [1.29, 1.82) is 0 Å². The molecule has 0 aromatic carbocycles. The molecule has 0 radical (unpaired) electrons. The summed E-state index contributed by atoms with van der Waals surface area (Å²) in [7, 11) is 1.98. The average molecular weight is 299 g/mol. The third-order valence-corrected chi connectivity index (χ3v) is 4.26. The van der Waals surface area contributed by atoms with E-state index in [0.717, 1.165) is 41.8 Å². The highest BCUT2D eigenvalue weighted by Gasteiger charge is 2.19. The van der Waals surface area contributed by atoms with Gasteiger partial charge in [-0.25, -0.2) is 0 Å². The van der Waals surface area contributed by atoms with Gasteiger partial charge in [-0.1, -0.05) is 25.8 Å². The molecule has 2 heterocycles. The number of aryl methyl sites for hydroxylation is 1. The summed E-state index contributed by atoms with van der Waals surface area (Å²) in [6, 6.07) is 5.90. The number of nitrogens with one attached hydrogen (secondary N) is 1. The second kappa shape index (κ2) is 7.25. The van der Waals surface area contributed by atoms with Gasteiger partial charge in [0.2, 0.25) is 0 Å². The first-order chi connectivity index (χ1) is 10.5. The van der Waals surface area contributed by atoms with Gasteiger partial charge in [0.15, 0.2) is 0 Å². The van der Waals surface area contributed by atoms with Crippen molar-refractivity contribution in [3.63, 3.8) is 0 Å². The largest absolute Gasteiger partial charge is 0.351 e. The van der Waals surface area contributed by atoms with Crippen LogP contribution in [0.25, 0.3) is 0 Å². The summed E-state index contributed by atoms with van der Waals surface area (Å²) in [5, 5.41) is 3.17. The number of hydrogen-bond acceptors (Lipinski definition) is 2. The number of unbranched alkanes of at least 4 members (excludes halogenated alkanes) is 1. The van der Waals surface area contributed by atoms with Crippen molar-refractivity contribution in [1.82, 2.24) is 14.9 Å². The summed E-state index contributed by atoms with van der Waals surface area (Å²) in [6.45, 7) is 6.15. The Kier molecular flexibility index (Phi) is 5.36. The zero-order valence-electron chi connectivity index (χ0n) is 13.9. The molecule has 2 rings (SSSR count). The second-order valence-electron chi connectivity index (χ2n) is 5.80. The zero-order chi connectivity index (χ0) is 16.1. The number of rotatable bonds is 6. The Morgan fingerprint density at radius 2 is 2.18 bits per heavy atom. The lowest BCUT2D eigenvalue weighted by Gasteiger charge is -2.18. The van der Waals surface area contributed by atoms with Crippen LogP contribution in [0.2, 0.25) is 0 Å². The number of amides is 1. The first-order valence-electron chi connectivity index (χ1n) is 7.88. The van der Waals surface area contributed by atoms with Crippen molar-refractivity contribution in [3.05, 3.63) is 53.1 Å². The molecule has 0 aliphatic rings. The summed E-state index contributed by atoms with van der Waals surface area (Å²) in [4.78, 5) is 16.8. The van der Waals surface area contributed by atoms with Crippen molar-refractivity contribution in [2.75, 3.05) is 0 Å². The van der Waals surface area contributed by atoms with E-state index in [1.54, 1.807) is 6.20 Å². The Bertz CT molecular complexity index is 631. The normalized spacial score (nSPS) is 12.2. The van der Waals surface area contributed by atoms with Crippen LogP contribution in [-0.2, 0) is 7.05 Å². The monoisotopic (exact) mass is 299 g/mol. The van der Waals surface area contributed by atoms with Gasteiger partial charge in [-0.3, -0.25) is 9.78 Å². The van der Waals surface area contributed by atoms with Crippen LogP contribution in [0.5, 0.6) is 0 Å². The van der Waals surface area contributed by atoms with E-state index in [-0.39, 0.29) is 11.9 Å². The quantitative estimate of drug-likeness (QED) is 0.884. The Labute approximate surface area is 132 Å². The summed E-state index contributed by atoms with van der Waals surface area (Å²) < 4.78 is 2.04. The predicted octanol–water partition coefficient (Wildman–Crippen LogP) is 3.70. The number of hydrogen-bond donors (Lipinski definition) is 1. The zero-order valence-corrected chi connectivity index (χ0v) is 13.9. The summed E-state index contributed by atoms with van der Waals surface area (Å²) >= 11 is 0. The maximum atomic E-state index is 12.6. The molecule has 22 heavy (non-hydrogen) atoms. The van der Waals surface area contributed by atoms with E-state index >= 15 is 0 Å². The molecule has 0 saturated carbocycles. The Hall–Kier alpha value is -2.10. The minimum absolute atomic E-state index is 0.00819. The van der Waals surface area contributed by atoms with Crippen LogP contribution in [0.15, 0.2) is 30.6 Å². The van der Waals surface area contributed by atoms with Crippen LogP contribution in [0.3, 0.4) is 0 Å². The highest BCUT2D eigenvalue weighted by atomic mass is 16.1. The molecule has 0 fully saturated rings. The van der Waals surface area contributed by atoms with Gasteiger partial charge < -0.3 is 9.88 Å². The average Bonchev–Trinajstić information content (AvgIpc) is 2.79. The third kappa shape index (κ3) is 3.56. The lowest BCUT2D eigenvalue weighted by molar-refractivity contribution is 0.0933. The molecule has 0 spiro atoms. The van der Waals surface area contributed by atoms with Crippen LogP contribution in [-0.4, -0.2) is 15.5 Å². The van der Waals surface area contributed by atoms with Gasteiger partial charge in [-0.15, -0.1) is 0 Å². The summed E-state index contributed by atoms with van der Waals surface area (Å²) in [6.07, 6.45) is 6.71. The maximum Gasteiger partial charge on any atom is 0.253 e. The number of pyridine rings is 1. The molecule has 4 nitrogen and oxygen atoms in total. The summed E-state index contributed by atoms with van der Waals surface area (Å²) in [5.74, 6) is -0.00819. The number of nitrogens with zero attached hydrogens (tertiary/aromatic N) is 2. The predicted molar refractivity (Wildman–Crippen MR) is 88.9 cm³/mol. The molecule has 1 amide bonds. The van der Waals surface area contributed by atoms with Gasteiger partial charge in [-0.2, -0.15) is 0 Å². The van der Waals surface area contributed by atoms with E-state index in [9.17, 15) is 4.79 Å². The molecule has 2 aromatic rings. The molecule has 1 N–H and O–H groups in total. The van der Waals surface area contributed by atoms with Crippen molar-refractivity contribution < 1.29 is 4.79 Å². The third-order valence-electron chi connectivity index (χ3n) is 4.26. The molecular formula is C18H25N3O. The van der Waals surface area contributed by atoms with Gasteiger partial charge in [0.1, 0.15) is 0 Å². The van der Waals surface area contributed by atoms with Crippen LogP contribution >= 0.6 is 0 Å². The molecule has 0 unspecified atom stereocenters. The number of aromatic nitrogens is 2. The molecule has 0 bridgehead atoms. The first-order valence-corrected chi connectivity index (χ1v) is 7.88. The van der Waals surface area contributed by atoms with E-state index in [2.05, 4.69) is 17.2 Å². The number of carbonyl (C=O) groups is 1. The van der Waals surface area contributed by atoms with Gasteiger partial charge in [0, 0.05) is 30.8 Å². The fraction of sp³-hybridized carbons (Fsp3) is 0.444. The summed E-state index contributed by atoms with van der Waals surface area (Å²) in [5.41, 5.74) is 3.91. The lowest BCUT2D eigenvalue weighted by atomic mass is 10.0. The maximum absolute atomic E-state index is 12.6. The molecule has 118 valence electrons.